The van der Waals surface area contributed by atoms with E-state index in [4.69, 9.17) is 0 Å². The van der Waals surface area contributed by atoms with Gasteiger partial charge in [0.2, 0.25) is 0 Å². The van der Waals surface area contributed by atoms with Gasteiger partial charge < -0.3 is 5.32 Å². The molecule has 3 heteroatoms. The Morgan fingerprint density at radius 3 is 2.33 bits per heavy atom. The van der Waals surface area contributed by atoms with E-state index >= 15 is 0 Å². The summed E-state index contributed by atoms with van der Waals surface area (Å²) >= 11 is 0. The molecule has 2 aromatic rings. The zero-order valence-electron chi connectivity index (χ0n) is 14.1. The predicted molar refractivity (Wildman–Crippen MR) is 89.5 cm³/mol. The summed E-state index contributed by atoms with van der Waals surface area (Å²) < 4.78 is 2.04. The van der Waals surface area contributed by atoms with Gasteiger partial charge >= 0.3 is 0 Å². The van der Waals surface area contributed by atoms with Gasteiger partial charge in [-0.05, 0) is 44.4 Å². The average Bonchev–Trinajstić information content (AvgIpc) is 2.79. The first-order chi connectivity index (χ1) is 9.88. The molecule has 1 aromatic carbocycles. The van der Waals surface area contributed by atoms with Gasteiger partial charge in [-0.25, -0.2) is 0 Å². The predicted octanol–water partition coefficient (Wildman–Crippen LogP) is 4.25. The molecule has 0 aliphatic carbocycles. The molecular weight excluding hydrogens is 258 g/mol. The number of nitrogens with zero attached hydrogens (tertiary/aromatic N) is 2. The van der Waals surface area contributed by atoms with Gasteiger partial charge in [-0.3, -0.25) is 4.68 Å². The van der Waals surface area contributed by atoms with Gasteiger partial charge in [-0.15, -0.1) is 0 Å². The molecule has 0 atom stereocenters. The Kier molecular flexibility index (Phi) is 4.84. The van der Waals surface area contributed by atoms with Crippen LogP contribution in [0.5, 0.6) is 0 Å². The van der Waals surface area contributed by atoms with Crippen molar-refractivity contribution in [3.8, 4) is 11.1 Å². The lowest BCUT2D eigenvalue weighted by atomic mass is 9.99. The van der Waals surface area contributed by atoms with Gasteiger partial charge in [-0.2, -0.15) is 5.10 Å². The third-order valence-corrected chi connectivity index (χ3v) is 3.74. The first kappa shape index (κ1) is 15.8. The van der Waals surface area contributed by atoms with Crippen LogP contribution in [0.2, 0.25) is 0 Å². The van der Waals surface area contributed by atoms with Crippen LogP contribution in [0.3, 0.4) is 0 Å². The molecule has 0 fully saturated rings. The number of hydrogen-bond donors (Lipinski definition) is 1. The Bertz CT molecular complexity index is 609. The highest BCUT2D eigenvalue weighted by molar-refractivity contribution is 5.69. The summed E-state index contributed by atoms with van der Waals surface area (Å²) in [6, 6.07) is 7.62. The van der Waals surface area contributed by atoms with Crippen LogP contribution in [0, 0.1) is 13.8 Å². The van der Waals surface area contributed by atoms with Crippen molar-refractivity contribution < 1.29 is 0 Å². The molecule has 2 rings (SSSR count). The number of aryl methyl sites for hydroxylation is 2. The van der Waals surface area contributed by atoms with E-state index in [1.165, 1.54) is 22.3 Å². The smallest absolute Gasteiger partial charge is 0.0672 e. The molecule has 0 spiro atoms. The summed E-state index contributed by atoms with van der Waals surface area (Å²) in [6.07, 6.45) is 2.16. The summed E-state index contributed by atoms with van der Waals surface area (Å²) in [4.78, 5) is 0. The summed E-state index contributed by atoms with van der Waals surface area (Å²) in [7, 11) is 0. The Morgan fingerprint density at radius 1 is 1.10 bits per heavy atom. The summed E-state index contributed by atoms with van der Waals surface area (Å²) in [6.45, 7) is 13.8. The summed E-state index contributed by atoms with van der Waals surface area (Å²) in [5, 5.41) is 8.08. The molecule has 0 amide bonds. The van der Waals surface area contributed by atoms with Crippen LogP contribution in [-0.2, 0) is 6.54 Å². The van der Waals surface area contributed by atoms with Crippen molar-refractivity contribution >= 4 is 0 Å². The van der Waals surface area contributed by atoms with Crippen LogP contribution >= 0.6 is 0 Å². The van der Waals surface area contributed by atoms with Crippen molar-refractivity contribution in [3.63, 3.8) is 0 Å². The van der Waals surface area contributed by atoms with E-state index in [0.717, 1.165) is 12.2 Å². The highest BCUT2D eigenvalue weighted by atomic mass is 15.3. The largest absolute Gasteiger partial charge is 0.310 e. The highest BCUT2D eigenvalue weighted by Gasteiger charge is 2.11. The second-order valence-corrected chi connectivity index (χ2v) is 6.39. The molecule has 0 aliphatic rings. The maximum absolute atomic E-state index is 4.61. The van der Waals surface area contributed by atoms with Gasteiger partial charge in [0, 0.05) is 30.4 Å². The molecule has 114 valence electrons. The molecule has 1 heterocycles. The minimum Gasteiger partial charge on any atom is -0.310 e. The van der Waals surface area contributed by atoms with Gasteiger partial charge in [0.1, 0.15) is 0 Å². The van der Waals surface area contributed by atoms with Gasteiger partial charge in [-0.1, -0.05) is 32.0 Å². The minimum absolute atomic E-state index is 0.396. The molecule has 0 aliphatic heterocycles. The first-order valence-electron chi connectivity index (χ1n) is 7.77. The van der Waals surface area contributed by atoms with Crippen molar-refractivity contribution in [2.75, 3.05) is 0 Å². The lowest BCUT2D eigenvalue weighted by Gasteiger charge is -2.11. The van der Waals surface area contributed by atoms with Crippen LogP contribution in [0.4, 0.5) is 0 Å². The molecule has 3 nitrogen and oxygen atoms in total. The fraction of sp³-hybridized carbons (Fsp3) is 0.500. The summed E-state index contributed by atoms with van der Waals surface area (Å²) in [5.41, 5.74) is 6.26. The monoisotopic (exact) mass is 285 g/mol. The first-order valence-corrected chi connectivity index (χ1v) is 7.77. The van der Waals surface area contributed by atoms with Crippen LogP contribution in [0.25, 0.3) is 11.1 Å². The van der Waals surface area contributed by atoms with Crippen LogP contribution in [0.15, 0.2) is 24.4 Å². The van der Waals surface area contributed by atoms with E-state index in [2.05, 4.69) is 76.4 Å². The maximum Gasteiger partial charge on any atom is 0.0672 e. The number of rotatable bonds is 5. The second kappa shape index (κ2) is 6.44. The van der Waals surface area contributed by atoms with Crippen molar-refractivity contribution in [1.82, 2.24) is 15.1 Å². The lowest BCUT2D eigenvalue weighted by molar-refractivity contribution is 0.529. The van der Waals surface area contributed by atoms with E-state index in [1.807, 2.05) is 4.68 Å². The third-order valence-electron chi connectivity index (χ3n) is 3.74. The quantitative estimate of drug-likeness (QED) is 0.890. The Labute approximate surface area is 128 Å². The fourth-order valence-electron chi connectivity index (χ4n) is 2.47. The molecule has 1 aromatic heterocycles. The molecule has 0 saturated carbocycles. The SMILES string of the molecule is Cc1cc(CNC(C)C)ccc1-c1cn(C(C)C)nc1C. The van der Waals surface area contributed by atoms with Crippen molar-refractivity contribution in [2.45, 2.75) is 60.2 Å². The van der Waals surface area contributed by atoms with Gasteiger partial charge in [0.15, 0.2) is 0 Å². The Balaban J connectivity index is 2.28. The van der Waals surface area contributed by atoms with E-state index in [-0.39, 0.29) is 0 Å². The van der Waals surface area contributed by atoms with Crippen molar-refractivity contribution in [2.24, 2.45) is 0 Å². The molecular formula is C18H27N3. The van der Waals surface area contributed by atoms with E-state index < -0.39 is 0 Å². The van der Waals surface area contributed by atoms with Crippen molar-refractivity contribution in [3.05, 3.63) is 41.2 Å². The summed E-state index contributed by atoms with van der Waals surface area (Å²) in [5.74, 6) is 0. The number of hydrogen-bond acceptors (Lipinski definition) is 2. The van der Waals surface area contributed by atoms with Crippen LogP contribution in [-0.4, -0.2) is 15.8 Å². The molecule has 0 saturated heterocycles. The second-order valence-electron chi connectivity index (χ2n) is 6.39. The van der Waals surface area contributed by atoms with Gasteiger partial charge in [0.25, 0.3) is 0 Å². The Hall–Kier alpha value is -1.61. The topological polar surface area (TPSA) is 29.9 Å². The van der Waals surface area contributed by atoms with Crippen LogP contribution < -0.4 is 5.32 Å². The third kappa shape index (κ3) is 3.73. The number of nitrogens with one attached hydrogen (secondary N) is 1. The standard InChI is InChI=1S/C18H27N3/c1-12(2)19-10-16-7-8-17(14(5)9-16)18-11-21(13(3)4)20-15(18)6/h7-9,11-13,19H,10H2,1-6H3. The van der Waals surface area contributed by atoms with Crippen LogP contribution in [0.1, 0.15) is 50.6 Å². The lowest BCUT2D eigenvalue weighted by Crippen LogP contribution is -2.21. The maximum atomic E-state index is 4.61. The fourth-order valence-corrected chi connectivity index (χ4v) is 2.47. The minimum atomic E-state index is 0.396. The molecule has 0 radical (unpaired) electrons. The van der Waals surface area contributed by atoms with E-state index in [0.29, 0.717) is 12.1 Å². The highest BCUT2D eigenvalue weighted by Crippen LogP contribution is 2.27. The molecule has 0 unspecified atom stereocenters. The molecule has 21 heavy (non-hydrogen) atoms. The van der Waals surface area contributed by atoms with Gasteiger partial charge in [0.05, 0.1) is 5.69 Å². The number of benzene rings is 1. The number of aromatic nitrogens is 2. The Morgan fingerprint density at radius 2 is 1.81 bits per heavy atom. The zero-order valence-corrected chi connectivity index (χ0v) is 14.1. The molecule has 1 N–H and O–H groups in total. The molecule has 0 bridgehead atoms. The zero-order chi connectivity index (χ0) is 15.6. The van der Waals surface area contributed by atoms with Crippen molar-refractivity contribution in [1.29, 1.82) is 0 Å². The average molecular weight is 285 g/mol. The van der Waals surface area contributed by atoms with E-state index in [1.54, 1.807) is 0 Å². The van der Waals surface area contributed by atoms with E-state index in [9.17, 15) is 0 Å². The normalized spacial score (nSPS) is 11.6.